The summed E-state index contributed by atoms with van der Waals surface area (Å²) >= 11 is 0. The smallest absolute Gasteiger partial charge is 0.0651 e. The number of rotatable bonds is 2. The van der Waals surface area contributed by atoms with Crippen molar-refractivity contribution in [2.75, 3.05) is 18.5 Å². The summed E-state index contributed by atoms with van der Waals surface area (Å²) in [6, 6.07) is 6.84. The lowest BCUT2D eigenvalue weighted by Crippen LogP contribution is -2.19. The van der Waals surface area contributed by atoms with Gasteiger partial charge in [-0.2, -0.15) is 5.10 Å². The fraction of sp³-hybridized carbons (Fsp3) is 0.462. The van der Waals surface area contributed by atoms with Gasteiger partial charge in [-0.1, -0.05) is 0 Å². The molecular weight excluding hydrogens is 214 g/mol. The third-order valence-electron chi connectivity index (χ3n) is 3.26. The molecule has 90 valence electrons. The van der Waals surface area contributed by atoms with Gasteiger partial charge in [0.05, 0.1) is 11.7 Å². The molecule has 1 unspecified atom stereocenters. The first kappa shape index (κ1) is 10.6. The molecule has 2 heterocycles. The maximum Gasteiger partial charge on any atom is 0.0651 e. The van der Waals surface area contributed by atoms with E-state index in [1.807, 2.05) is 6.20 Å². The van der Waals surface area contributed by atoms with Gasteiger partial charge in [-0.15, -0.1) is 0 Å². The average Bonchev–Trinajstić information content (AvgIpc) is 2.65. The molecule has 1 aliphatic heterocycles. The molecule has 1 aromatic carbocycles. The summed E-state index contributed by atoms with van der Waals surface area (Å²) in [7, 11) is 0. The molecular formula is C13H17N3O. The van der Waals surface area contributed by atoms with Crippen molar-refractivity contribution in [3.63, 3.8) is 0 Å². The third kappa shape index (κ3) is 2.42. The number of nitrogens with zero attached hydrogens (tertiary/aromatic N) is 1. The summed E-state index contributed by atoms with van der Waals surface area (Å²) < 4.78 is 5.47. The first-order valence-corrected chi connectivity index (χ1v) is 6.19. The normalized spacial score (nSPS) is 21.3. The zero-order valence-electron chi connectivity index (χ0n) is 9.78. The number of benzene rings is 1. The number of hydrogen-bond donors (Lipinski definition) is 2. The molecule has 0 spiro atoms. The quantitative estimate of drug-likeness (QED) is 0.835. The maximum absolute atomic E-state index is 5.47. The topological polar surface area (TPSA) is 49.9 Å². The van der Waals surface area contributed by atoms with Gasteiger partial charge in [0.15, 0.2) is 0 Å². The Balaban J connectivity index is 1.74. The van der Waals surface area contributed by atoms with Crippen LogP contribution < -0.4 is 5.32 Å². The lowest BCUT2D eigenvalue weighted by molar-refractivity contribution is 0.144. The molecule has 17 heavy (non-hydrogen) atoms. The van der Waals surface area contributed by atoms with Crippen molar-refractivity contribution in [3.8, 4) is 0 Å². The first-order valence-electron chi connectivity index (χ1n) is 6.19. The molecule has 0 radical (unpaired) electrons. The van der Waals surface area contributed by atoms with Crippen LogP contribution in [0.2, 0.25) is 0 Å². The van der Waals surface area contributed by atoms with Gasteiger partial charge in [-0.3, -0.25) is 5.10 Å². The fourth-order valence-electron chi connectivity index (χ4n) is 2.32. The Kier molecular flexibility index (Phi) is 2.96. The van der Waals surface area contributed by atoms with E-state index in [1.165, 1.54) is 12.1 Å². The number of fused-ring (bicyclic) bond motifs is 1. The number of nitrogens with one attached hydrogen (secondary N) is 2. The van der Waals surface area contributed by atoms with Gasteiger partial charge in [0.1, 0.15) is 0 Å². The van der Waals surface area contributed by atoms with Gasteiger partial charge < -0.3 is 10.1 Å². The zero-order chi connectivity index (χ0) is 11.5. The highest BCUT2D eigenvalue weighted by Gasteiger charge is 2.12. The summed E-state index contributed by atoms with van der Waals surface area (Å²) in [5.74, 6) is 0. The molecule has 3 rings (SSSR count). The molecule has 0 saturated carbocycles. The zero-order valence-corrected chi connectivity index (χ0v) is 9.78. The van der Waals surface area contributed by atoms with Crippen molar-refractivity contribution in [3.05, 3.63) is 24.4 Å². The minimum absolute atomic E-state index is 0.529. The van der Waals surface area contributed by atoms with Crippen LogP contribution in [0.15, 0.2) is 24.4 Å². The van der Waals surface area contributed by atoms with Crippen LogP contribution in [0.3, 0.4) is 0 Å². The van der Waals surface area contributed by atoms with Crippen LogP contribution in [0, 0.1) is 0 Å². The van der Waals surface area contributed by atoms with Crippen molar-refractivity contribution >= 4 is 16.6 Å². The Bertz CT molecular complexity index is 486. The number of H-pyrrole nitrogens is 1. The van der Waals surface area contributed by atoms with Crippen LogP contribution in [0.4, 0.5) is 5.69 Å². The van der Waals surface area contributed by atoms with Crippen molar-refractivity contribution < 1.29 is 4.74 Å². The molecule has 2 aromatic rings. The fourth-order valence-corrected chi connectivity index (χ4v) is 2.32. The third-order valence-corrected chi connectivity index (χ3v) is 3.26. The molecule has 1 atom stereocenters. The molecule has 1 saturated heterocycles. The van der Waals surface area contributed by atoms with Crippen LogP contribution in [0.5, 0.6) is 0 Å². The van der Waals surface area contributed by atoms with E-state index >= 15 is 0 Å². The Labute approximate surface area is 100 Å². The highest BCUT2D eigenvalue weighted by atomic mass is 16.5. The molecule has 0 bridgehead atoms. The summed E-state index contributed by atoms with van der Waals surface area (Å²) in [6.07, 6.45) is 5.27. The monoisotopic (exact) mass is 231 g/mol. The number of hydrogen-bond acceptors (Lipinski definition) is 3. The number of ether oxygens (including phenoxy) is 1. The van der Waals surface area contributed by atoms with Crippen LogP contribution in [0.25, 0.3) is 10.9 Å². The van der Waals surface area contributed by atoms with E-state index in [4.69, 9.17) is 4.74 Å². The van der Waals surface area contributed by atoms with E-state index in [1.54, 1.807) is 0 Å². The second-order valence-electron chi connectivity index (χ2n) is 4.56. The van der Waals surface area contributed by atoms with Crippen LogP contribution in [-0.4, -0.2) is 29.5 Å². The van der Waals surface area contributed by atoms with E-state index < -0.39 is 0 Å². The van der Waals surface area contributed by atoms with E-state index in [0.29, 0.717) is 6.04 Å². The Hall–Kier alpha value is -1.55. The Morgan fingerprint density at radius 1 is 1.29 bits per heavy atom. The van der Waals surface area contributed by atoms with Crippen molar-refractivity contribution in [2.45, 2.75) is 25.3 Å². The van der Waals surface area contributed by atoms with Crippen LogP contribution >= 0.6 is 0 Å². The molecule has 1 aromatic heterocycles. The van der Waals surface area contributed by atoms with E-state index in [-0.39, 0.29) is 0 Å². The molecule has 2 N–H and O–H groups in total. The molecule has 0 aliphatic carbocycles. The largest absolute Gasteiger partial charge is 0.382 e. The van der Waals surface area contributed by atoms with Gasteiger partial charge in [-0.05, 0) is 37.5 Å². The molecule has 4 nitrogen and oxygen atoms in total. The summed E-state index contributed by atoms with van der Waals surface area (Å²) in [4.78, 5) is 0. The van der Waals surface area contributed by atoms with E-state index in [9.17, 15) is 0 Å². The number of aromatic amines is 1. The van der Waals surface area contributed by atoms with E-state index in [0.717, 1.165) is 37.0 Å². The predicted octanol–water partition coefficient (Wildman–Crippen LogP) is 2.54. The van der Waals surface area contributed by atoms with Crippen molar-refractivity contribution in [1.29, 1.82) is 0 Å². The lowest BCUT2D eigenvalue weighted by Gasteiger charge is -2.16. The van der Waals surface area contributed by atoms with Crippen LogP contribution in [0.1, 0.15) is 19.3 Å². The summed E-state index contributed by atoms with van der Waals surface area (Å²) in [5.41, 5.74) is 2.26. The molecule has 4 heteroatoms. The second kappa shape index (κ2) is 4.75. The minimum atomic E-state index is 0.529. The SMILES string of the molecule is c1cc2[nH]ncc2cc1NC1CCCOCC1. The lowest BCUT2D eigenvalue weighted by atomic mass is 10.1. The van der Waals surface area contributed by atoms with Gasteiger partial charge in [0, 0.05) is 30.3 Å². The van der Waals surface area contributed by atoms with Gasteiger partial charge in [0.25, 0.3) is 0 Å². The average molecular weight is 231 g/mol. The summed E-state index contributed by atoms with van der Waals surface area (Å²) in [6.45, 7) is 1.77. The van der Waals surface area contributed by atoms with Crippen molar-refractivity contribution in [1.82, 2.24) is 10.2 Å². The maximum atomic E-state index is 5.47. The van der Waals surface area contributed by atoms with E-state index in [2.05, 4.69) is 33.7 Å². The highest BCUT2D eigenvalue weighted by molar-refractivity contribution is 5.81. The highest BCUT2D eigenvalue weighted by Crippen LogP contribution is 2.20. The minimum Gasteiger partial charge on any atom is -0.382 e. The Morgan fingerprint density at radius 2 is 2.29 bits per heavy atom. The molecule has 1 fully saturated rings. The molecule has 0 amide bonds. The standard InChI is InChI=1S/C13H17N3O/c1-2-11(5-7-17-6-1)15-12-3-4-13-10(8-12)9-14-16-13/h3-4,8-9,11,15H,1-2,5-7H2,(H,14,16). The number of aromatic nitrogens is 2. The molecule has 1 aliphatic rings. The van der Waals surface area contributed by atoms with Gasteiger partial charge >= 0.3 is 0 Å². The second-order valence-corrected chi connectivity index (χ2v) is 4.56. The van der Waals surface area contributed by atoms with Crippen LogP contribution in [-0.2, 0) is 4.74 Å². The Morgan fingerprint density at radius 3 is 3.29 bits per heavy atom. The number of anilines is 1. The predicted molar refractivity (Wildman–Crippen MR) is 68.2 cm³/mol. The van der Waals surface area contributed by atoms with Gasteiger partial charge in [-0.25, -0.2) is 0 Å². The first-order chi connectivity index (χ1) is 8.42. The summed E-state index contributed by atoms with van der Waals surface area (Å²) in [5, 5.41) is 11.7. The van der Waals surface area contributed by atoms with Gasteiger partial charge in [0.2, 0.25) is 0 Å². The van der Waals surface area contributed by atoms with Crippen molar-refractivity contribution in [2.24, 2.45) is 0 Å².